The van der Waals surface area contributed by atoms with Gasteiger partial charge in [0.15, 0.2) is 5.13 Å². The lowest BCUT2D eigenvalue weighted by atomic mass is 10.1. The number of piperidine rings is 1. The lowest BCUT2D eigenvalue weighted by molar-refractivity contribution is 0.484. The van der Waals surface area contributed by atoms with Crippen molar-refractivity contribution in [1.82, 2.24) is 4.98 Å². The molecule has 1 aliphatic heterocycles. The number of nitrogens with zero attached hydrogens (tertiary/aromatic N) is 2. The second-order valence-electron chi connectivity index (χ2n) is 3.58. The molecular formula is C9H15N3S. The summed E-state index contributed by atoms with van der Waals surface area (Å²) in [7, 11) is 0. The summed E-state index contributed by atoms with van der Waals surface area (Å²) in [6.07, 6.45) is 5.66. The van der Waals surface area contributed by atoms with Crippen molar-refractivity contribution in [3.63, 3.8) is 0 Å². The standard InChI is InChI=1S/C9H15N3S/c1-7-4-2-3-5-12(7)9-11-6-8(10)13-9/h6-7H,2-5,10H2,1H3. The Balaban J connectivity index is 2.14. The van der Waals surface area contributed by atoms with E-state index in [1.807, 2.05) is 0 Å². The first-order valence-electron chi connectivity index (χ1n) is 4.75. The fraction of sp³-hybridized carbons (Fsp3) is 0.667. The van der Waals surface area contributed by atoms with Crippen LogP contribution in [-0.2, 0) is 0 Å². The molecule has 3 nitrogen and oxygen atoms in total. The molecule has 0 aromatic carbocycles. The first-order valence-corrected chi connectivity index (χ1v) is 5.57. The van der Waals surface area contributed by atoms with Gasteiger partial charge in [-0.1, -0.05) is 11.3 Å². The van der Waals surface area contributed by atoms with E-state index in [-0.39, 0.29) is 0 Å². The summed E-state index contributed by atoms with van der Waals surface area (Å²) in [5, 5.41) is 1.90. The van der Waals surface area contributed by atoms with Crippen LogP contribution in [0.15, 0.2) is 6.20 Å². The van der Waals surface area contributed by atoms with Crippen LogP contribution in [0.4, 0.5) is 10.1 Å². The third-order valence-corrected chi connectivity index (χ3v) is 3.42. The van der Waals surface area contributed by atoms with E-state index in [9.17, 15) is 0 Å². The zero-order valence-corrected chi connectivity index (χ0v) is 8.68. The maximum Gasteiger partial charge on any atom is 0.187 e. The number of rotatable bonds is 1. The van der Waals surface area contributed by atoms with Gasteiger partial charge in [0.25, 0.3) is 0 Å². The molecule has 0 amide bonds. The second-order valence-corrected chi connectivity index (χ2v) is 4.62. The molecule has 72 valence electrons. The van der Waals surface area contributed by atoms with Gasteiger partial charge in [0.1, 0.15) is 5.00 Å². The maximum absolute atomic E-state index is 5.66. The van der Waals surface area contributed by atoms with Crippen LogP contribution in [0.3, 0.4) is 0 Å². The summed E-state index contributed by atoms with van der Waals surface area (Å²) in [6.45, 7) is 3.39. The molecule has 0 saturated carbocycles. The number of hydrogen-bond donors (Lipinski definition) is 1. The average Bonchev–Trinajstić information content (AvgIpc) is 2.53. The molecule has 2 rings (SSSR count). The minimum absolute atomic E-state index is 0.624. The molecule has 0 spiro atoms. The van der Waals surface area contributed by atoms with Crippen LogP contribution < -0.4 is 10.6 Å². The molecule has 1 aliphatic rings. The van der Waals surface area contributed by atoms with Gasteiger partial charge in [-0.15, -0.1) is 0 Å². The van der Waals surface area contributed by atoms with Crippen LogP contribution in [-0.4, -0.2) is 17.6 Å². The van der Waals surface area contributed by atoms with E-state index in [2.05, 4.69) is 16.8 Å². The summed E-state index contributed by atoms with van der Waals surface area (Å²) in [4.78, 5) is 6.67. The van der Waals surface area contributed by atoms with E-state index in [0.717, 1.165) is 16.7 Å². The van der Waals surface area contributed by atoms with E-state index < -0.39 is 0 Å². The Kier molecular flexibility index (Phi) is 2.40. The van der Waals surface area contributed by atoms with Gasteiger partial charge >= 0.3 is 0 Å². The molecule has 1 aromatic rings. The fourth-order valence-corrected chi connectivity index (χ4v) is 2.60. The van der Waals surface area contributed by atoms with Gasteiger partial charge in [-0.05, 0) is 26.2 Å². The third kappa shape index (κ3) is 1.77. The first-order chi connectivity index (χ1) is 6.27. The molecule has 0 bridgehead atoms. The lowest BCUT2D eigenvalue weighted by Gasteiger charge is -2.32. The third-order valence-electron chi connectivity index (χ3n) is 2.56. The molecule has 0 radical (unpaired) electrons. The molecule has 13 heavy (non-hydrogen) atoms. The van der Waals surface area contributed by atoms with Crippen molar-refractivity contribution in [3.8, 4) is 0 Å². The molecule has 0 aliphatic carbocycles. The van der Waals surface area contributed by atoms with Crippen LogP contribution in [0.25, 0.3) is 0 Å². The summed E-state index contributed by atoms with van der Waals surface area (Å²) >= 11 is 1.59. The molecule has 1 unspecified atom stereocenters. The highest BCUT2D eigenvalue weighted by Gasteiger charge is 2.20. The van der Waals surface area contributed by atoms with Crippen molar-refractivity contribution >= 4 is 21.5 Å². The van der Waals surface area contributed by atoms with Crippen LogP contribution in [0.5, 0.6) is 0 Å². The highest BCUT2D eigenvalue weighted by Crippen LogP contribution is 2.29. The van der Waals surface area contributed by atoms with Gasteiger partial charge < -0.3 is 10.6 Å². The number of nitrogens with two attached hydrogens (primary N) is 1. The molecule has 1 saturated heterocycles. The Bertz CT molecular complexity index is 284. The normalized spacial score (nSPS) is 23.5. The van der Waals surface area contributed by atoms with E-state index in [0.29, 0.717) is 6.04 Å². The minimum atomic E-state index is 0.624. The second kappa shape index (κ2) is 3.54. The predicted molar refractivity (Wildman–Crippen MR) is 57.2 cm³/mol. The highest BCUT2D eigenvalue weighted by molar-refractivity contribution is 7.19. The Morgan fingerprint density at radius 1 is 1.62 bits per heavy atom. The van der Waals surface area contributed by atoms with Gasteiger partial charge in [-0.3, -0.25) is 0 Å². The van der Waals surface area contributed by atoms with Crippen molar-refractivity contribution in [3.05, 3.63) is 6.20 Å². The Labute approximate surface area is 82.6 Å². The zero-order chi connectivity index (χ0) is 9.26. The Morgan fingerprint density at radius 2 is 2.46 bits per heavy atom. The minimum Gasteiger partial charge on any atom is -0.389 e. The van der Waals surface area contributed by atoms with E-state index in [1.165, 1.54) is 19.3 Å². The van der Waals surface area contributed by atoms with E-state index in [4.69, 9.17) is 5.73 Å². The summed E-state index contributed by atoms with van der Waals surface area (Å²) in [6, 6.07) is 0.624. The van der Waals surface area contributed by atoms with Crippen LogP contribution in [0, 0.1) is 0 Å². The first kappa shape index (κ1) is 8.81. The number of hydrogen-bond acceptors (Lipinski definition) is 4. The van der Waals surface area contributed by atoms with Crippen molar-refractivity contribution in [2.45, 2.75) is 32.2 Å². The van der Waals surface area contributed by atoms with Gasteiger partial charge in [0.05, 0.1) is 6.20 Å². The summed E-state index contributed by atoms with van der Waals surface area (Å²) in [5.41, 5.74) is 5.66. The number of thiazole rings is 1. The van der Waals surface area contributed by atoms with Crippen LogP contribution >= 0.6 is 11.3 Å². The quantitative estimate of drug-likeness (QED) is 0.749. The summed E-state index contributed by atoms with van der Waals surface area (Å²) in [5.74, 6) is 0. The predicted octanol–water partition coefficient (Wildman–Crippen LogP) is 2.10. The Hall–Kier alpha value is -0.770. The SMILES string of the molecule is CC1CCCCN1c1ncc(N)s1. The molecule has 1 atom stereocenters. The smallest absolute Gasteiger partial charge is 0.187 e. The molecule has 2 heterocycles. The topological polar surface area (TPSA) is 42.2 Å². The number of aromatic nitrogens is 1. The molecule has 2 N–H and O–H groups in total. The van der Waals surface area contributed by atoms with Crippen molar-refractivity contribution in [2.75, 3.05) is 17.2 Å². The molecular weight excluding hydrogens is 182 g/mol. The largest absolute Gasteiger partial charge is 0.389 e. The van der Waals surface area contributed by atoms with Crippen molar-refractivity contribution in [2.24, 2.45) is 0 Å². The fourth-order valence-electron chi connectivity index (χ4n) is 1.79. The van der Waals surface area contributed by atoms with Crippen molar-refractivity contribution in [1.29, 1.82) is 0 Å². The van der Waals surface area contributed by atoms with Gasteiger partial charge in [-0.2, -0.15) is 0 Å². The van der Waals surface area contributed by atoms with Gasteiger partial charge in [0.2, 0.25) is 0 Å². The van der Waals surface area contributed by atoms with E-state index in [1.54, 1.807) is 17.5 Å². The maximum atomic E-state index is 5.66. The molecule has 4 heteroatoms. The van der Waals surface area contributed by atoms with Crippen LogP contribution in [0.1, 0.15) is 26.2 Å². The highest BCUT2D eigenvalue weighted by atomic mass is 32.1. The number of nitrogen functional groups attached to an aromatic ring is 1. The Morgan fingerprint density at radius 3 is 3.08 bits per heavy atom. The molecule has 1 aromatic heterocycles. The van der Waals surface area contributed by atoms with Crippen LogP contribution in [0.2, 0.25) is 0 Å². The van der Waals surface area contributed by atoms with E-state index >= 15 is 0 Å². The zero-order valence-electron chi connectivity index (χ0n) is 7.86. The van der Waals surface area contributed by atoms with Gasteiger partial charge in [0, 0.05) is 12.6 Å². The number of anilines is 2. The average molecular weight is 197 g/mol. The monoisotopic (exact) mass is 197 g/mol. The summed E-state index contributed by atoms with van der Waals surface area (Å²) < 4.78 is 0. The lowest BCUT2D eigenvalue weighted by Crippen LogP contribution is -2.37. The van der Waals surface area contributed by atoms with Crippen molar-refractivity contribution < 1.29 is 0 Å². The molecule has 1 fully saturated rings. The van der Waals surface area contributed by atoms with Gasteiger partial charge in [-0.25, -0.2) is 4.98 Å².